The maximum atomic E-state index is 13.2. The van der Waals surface area contributed by atoms with Crippen molar-refractivity contribution in [3.8, 4) is 5.75 Å². The number of aromatic nitrogens is 1. The highest BCUT2D eigenvalue weighted by Gasteiger charge is 2.21. The average Bonchev–Trinajstić information content (AvgIpc) is 3.10. The first-order chi connectivity index (χ1) is 13.0. The molecule has 0 aliphatic rings. The average molecular weight is 402 g/mol. The largest absolute Gasteiger partial charge is 0.497 e. The van der Waals surface area contributed by atoms with Crippen LogP contribution in [0.1, 0.15) is 10.4 Å². The Morgan fingerprint density at radius 1 is 1.15 bits per heavy atom. The maximum Gasteiger partial charge on any atom is 0.260 e. The Morgan fingerprint density at radius 2 is 1.89 bits per heavy atom. The van der Waals surface area contributed by atoms with E-state index < -0.39 is 0 Å². The molecule has 0 fully saturated rings. The van der Waals surface area contributed by atoms with Crippen LogP contribution in [0.4, 0.5) is 5.13 Å². The molecule has 0 radical (unpaired) electrons. The van der Waals surface area contributed by atoms with Crippen LogP contribution in [-0.4, -0.2) is 56.3 Å². The number of thiazole rings is 1. The van der Waals surface area contributed by atoms with Crippen molar-refractivity contribution < 1.29 is 9.53 Å². The van der Waals surface area contributed by atoms with Crippen LogP contribution < -0.4 is 9.64 Å². The fourth-order valence-electron chi connectivity index (χ4n) is 2.61. The highest BCUT2D eigenvalue weighted by molar-refractivity contribution is 7.98. The molecular formula is C20H23N3O2S2. The van der Waals surface area contributed by atoms with E-state index in [0.717, 1.165) is 27.6 Å². The number of fused-ring (bicyclic) bond motifs is 1. The number of carbonyl (C=O) groups is 1. The van der Waals surface area contributed by atoms with Gasteiger partial charge in [-0.1, -0.05) is 11.3 Å². The van der Waals surface area contributed by atoms with Crippen molar-refractivity contribution in [2.75, 3.05) is 45.5 Å². The van der Waals surface area contributed by atoms with Crippen LogP contribution in [0.25, 0.3) is 10.2 Å². The Labute approximate surface area is 168 Å². The fraction of sp³-hybridized carbons (Fsp3) is 0.300. The Kier molecular flexibility index (Phi) is 6.36. The van der Waals surface area contributed by atoms with Gasteiger partial charge in [0.2, 0.25) is 0 Å². The van der Waals surface area contributed by atoms with E-state index in [1.807, 2.05) is 20.2 Å². The number of benzene rings is 2. The number of amides is 1. The molecule has 3 aromatic rings. The number of hydrogen-bond donors (Lipinski definition) is 0. The molecule has 0 saturated carbocycles. The third-order valence-corrected chi connectivity index (χ3v) is 5.93. The van der Waals surface area contributed by atoms with Crippen LogP contribution >= 0.6 is 23.1 Å². The molecule has 1 heterocycles. The predicted molar refractivity (Wildman–Crippen MR) is 115 cm³/mol. The van der Waals surface area contributed by atoms with Crippen molar-refractivity contribution in [3.63, 3.8) is 0 Å². The Hall–Kier alpha value is -2.09. The van der Waals surface area contributed by atoms with Gasteiger partial charge in [0.25, 0.3) is 5.91 Å². The lowest BCUT2D eigenvalue weighted by Crippen LogP contribution is -2.36. The highest BCUT2D eigenvalue weighted by atomic mass is 32.2. The van der Waals surface area contributed by atoms with E-state index in [9.17, 15) is 4.79 Å². The molecule has 2 aromatic carbocycles. The second kappa shape index (κ2) is 8.73. The van der Waals surface area contributed by atoms with Crippen molar-refractivity contribution in [3.05, 3.63) is 48.0 Å². The van der Waals surface area contributed by atoms with E-state index >= 15 is 0 Å². The van der Waals surface area contributed by atoms with Gasteiger partial charge in [0.1, 0.15) is 5.75 Å². The molecule has 27 heavy (non-hydrogen) atoms. The molecule has 0 spiro atoms. The van der Waals surface area contributed by atoms with Crippen molar-refractivity contribution in [1.82, 2.24) is 9.88 Å². The number of rotatable bonds is 7. The van der Waals surface area contributed by atoms with E-state index in [1.165, 1.54) is 4.90 Å². The maximum absolute atomic E-state index is 13.2. The van der Waals surface area contributed by atoms with Crippen molar-refractivity contribution in [2.45, 2.75) is 4.90 Å². The molecule has 7 heteroatoms. The molecular weight excluding hydrogens is 378 g/mol. The normalized spacial score (nSPS) is 11.1. The Bertz CT molecular complexity index is 923. The second-order valence-electron chi connectivity index (χ2n) is 6.32. The predicted octanol–water partition coefficient (Wildman–Crippen LogP) is 4.24. The smallest absolute Gasteiger partial charge is 0.260 e. The van der Waals surface area contributed by atoms with Crippen LogP contribution in [0.15, 0.2) is 47.4 Å². The zero-order valence-corrected chi connectivity index (χ0v) is 17.6. The summed E-state index contributed by atoms with van der Waals surface area (Å²) in [6.07, 6.45) is 2.06. The SMILES string of the molecule is COc1ccc(C(=O)N(CCN(C)C)c2nc3ccc(SC)cc3s2)cc1. The molecule has 0 bridgehead atoms. The van der Waals surface area contributed by atoms with Crippen molar-refractivity contribution in [1.29, 1.82) is 0 Å². The molecule has 142 valence electrons. The minimum absolute atomic E-state index is 0.0522. The molecule has 0 N–H and O–H groups in total. The summed E-state index contributed by atoms with van der Waals surface area (Å²) in [7, 11) is 5.61. The summed E-state index contributed by atoms with van der Waals surface area (Å²) in [6.45, 7) is 1.33. The minimum atomic E-state index is -0.0522. The number of likely N-dealkylation sites (N-methyl/N-ethyl adjacent to an activating group) is 1. The molecule has 0 unspecified atom stereocenters. The number of carbonyl (C=O) groups excluding carboxylic acids is 1. The summed E-state index contributed by atoms with van der Waals surface area (Å²) in [5.74, 6) is 0.680. The molecule has 0 saturated heterocycles. The van der Waals surface area contributed by atoms with E-state index in [2.05, 4.69) is 23.3 Å². The van der Waals surface area contributed by atoms with Crippen LogP contribution in [0.5, 0.6) is 5.75 Å². The lowest BCUT2D eigenvalue weighted by Gasteiger charge is -2.22. The zero-order valence-electron chi connectivity index (χ0n) is 15.9. The summed E-state index contributed by atoms with van der Waals surface area (Å²) in [4.78, 5) is 22.9. The second-order valence-corrected chi connectivity index (χ2v) is 8.21. The number of nitrogens with zero attached hydrogens (tertiary/aromatic N) is 3. The Balaban J connectivity index is 1.95. The van der Waals surface area contributed by atoms with E-state index in [4.69, 9.17) is 9.72 Å². The molecule has 1 aromatic heterocycles. The van der Waals surface area contributed by atoms with Gasteiger partial charge in [-0.3, -0.25) is 9.69 Å². The van der Waals surface area contributed by atoms with Crippen LogP contribution in [0.3, 0.4) is 0 Å². The first kappa shape index (κ1) is 19.7. The molecule has 0 aliphatic heterocycles. The van der Waals surface area contributed by atoms with E-state index in [1.54, 1.807) is 59.4 Å². The number of thioether (sulfide) groups is 1. The van der Waals surface area contributed by atoms with Gasteiger partial charge in [-0.25, -0.2) is 4.98 Å². The van der Waals surface area contributed by atoms with Gasteiger partial charge < -0.3 is 9.64 Å². The number of hydrogen-bond acceptors (Lipinski definition) is 6. The minimum Gasteiger partial charge on any atom is -0.497 e. The van der Waals surface area contributed by atoms with Gasteiger partial charge in [-0.2, -0.15) is 0 Å². The number of ether oxygens (including phenoxy) is 1. The quantitative estimate of drug-likeness (QED) is 0.554. The van der Waals surface area contributed by atoms with Crippen LogP contribution in [-0.2, 0) is 0 Å². The van der Waals surface area contributed by atoms with Crippen molar-refractivity contribution >= 4 is 44.4 Å². The lowest BCUT2D eigenvalue weighted by molar-refractivity contribution is 0.0985. The summed E-state index contributed by atoms with van der Waals surface area (Å²) in [5, 5.41) is 0.728. The van der Waals surface area contributed by atoms with Gasteiger partial charge in [0, 0.05) is 23.5 Å². The van der Waals surface area contributed by atoms with Gasteiger partial charge in [0.15, 0.2) is 5.13 Å². The van der Waals surface area contributed by atoms with Gasteiger partial charge in [0.05, 0.1) is 17.3 Å². The molecule has 3 rings (SSSR count). The summed E-state index contributed by atoms with van der Waals surface area (Å²) in [5.41, 5.74) is 1.55. The van der Waals surface area contributed by atoms with Gasteiger partial charge >= 0.3 is 0 Å². The van der Waals surface area contributed by atoms with Gasteiger partial charge in [-0.05, 0) is 62.8 Å². The lowest BCUT2D eigenvalue weighted by atomic mass is 10.2. The van der Waals surface area contributed by atoms with Gasteiger partial charge in [-0.15, -0.1) is 11.8 Å². The molecule has 1 amide bonds. The molecule has 0 atom stereocenters. The van der Waals surface area contributed by atoms with Crippen molar-refractivity contribution in [2.24, 2.45) is 0 Å². The third kappa shape index (κ3) is 4.61. The summed E-state index contributed by atoms with van der Waals surface area (Å²) >= 11 is 3.26. The van der Waals surface area contributed by atoms with E-state index in [-0.39, 0.29) is 5.91 Å². The third-order valence-electron chi connectivity index (χ3n) is 4.17. The topological polar surface area (TPSA) is 45.7 Å². The zero-order chi connectivity index (χ0) is 19.4. The number of anilines is 1. The van der Waals surface area contributed by atoms with Crippen LogP contribution in [0, 0.1) is 0 Å². The Morgan fingerprint density at radius 3 is 2.52 bits per heavy atom. The first-order valence-corrected chi connectivity index (χ1v) is 10.6. The fourth-order valence-corrected chi connectivity index (χ4v) is 4.15. The van der Waals surface area contributed by atoms with E-state index in [0.29, 0.717) is 12.1 Å². The molecule has 5 nitrogen and oxygen atoms in total. The molecule has 0 aliphatic carbocycles. The summed E-state index contributed by atoms with van der Waals surface area (Å²) < 4.78 is 6.28. The standard InChI is InChI=1S/C20H23N3O2S2/c1-22(2)11-12-23(19(24)14-5-7-15(25-3)8-6-14)20-21-17-10-9-16(26-4)13-18(17)27-20/h5-10,13H,11-12H2,1-4H3. The first-order valence-electron chi connectivity index (χ1n) is 8.57. The van der Waals surface area contributed by atoms with Crippen LogP contribution in [0.2, 0.25) is 0 Å². The number of methoxy groups -OCH3 is 1. The highest BCUT2D eigenvalue weighted by Crippen LogP contribution is 2.32. The summed E-state index contributed by atoms with van der Waals surface area (Å²) in [6, 6.07) is 13.4. The monoisotopic (exact) mass is 401 g/mol.